The minimum absolute atomic E-state index is 0.724. The van der Waals surface area contributed by atoms with Gasteiger partial charge in [-0.15, -0.1) is 0 Å². The smallest absolute Gasteiger partial charge is 0.119 e. The summed E-state index contributed by atoms with van der Waals surface area (Å²) in [5.74, 6) is 0.955. The lowest BCUT2D eigenvalue weighted by Crippen LogP contribution is -2.47. The van der Waals surface area contributed by atoms with Gasteiger partial charge in [-0.1, -0.05) is 12.1 Å². The maximum atomic E-state index is 5.46. The topological polar surface area (TPSA) is 27.7 Å². The highest BCUT2D eigenvalue weighted by Crippen LogP contribution is 2.13. The van der Waals surface area contributed by atoms with Crippen LogP contribution in [0.1, 0.15) is 12.5 Å². The summed E-state index contributed by atoms with van der Waals surface area (Å²) in [7, 11) is 2.18. The van der Waals surface area contributed by atoms with E-state index in [1.807, 2.05) is 6.92 Å². The summed E-state index contributed by atoms with van der Waals surface area (Å²) >= 11 is 0. The molecule has 0 unspecified atom stereocenters. The molecule has 1 aliphatic rings. The molecule has 0 radical (unpaired) electrons. The van der Waals surface area contributed by atoms with Crippen molar-refractivity contribution in [2.75, 3.05) is 46.5 Å². The first-order valence-corrected chi connectivity index (χ1v) is 7.11. The van der Waals surface area contributed by atoms with Gasteiger partial charge in [-0.05, 0) is 31.7 Å². The molecule has 0 amide bonds. The van der Waals surface area contributed by atoms with Crippen molar-refractivity contribution in [2.45, 2.75) is 13.5 Å². The second-order valence-electron chi connectivity index (χ2n) is 5.10. The Bertz CT molecular complexity index is 360. The molecule has 1 heterocycles. The van der Waals surface area contributed by atoms with Crippen LogP contribution in [0.15, 0.2) is 24.3 Å². The van der Waals surface area contributed by atoms with Crippen molar-refractivity contribution in [3.63, 3.8) is 0 Å². The zero-order chi connectivity index (χ0) is 13.5. The van der Waals surface area contributed by atoms with Crippen molar-refractivity contribution in [3.8, 4) is 5.75 Å². The van der Waals surface area contributed by atoms with E-state index in [4.69, 9.17) is 4.74 Å². The third-order valence-corrected chi connectivity index (χ3v) is 3.34. The molecule has 0 bridgehead atoms. The molecule has 1 aromatic rings. The maximum absolute atomic E-state index is 5.46. The SMILES string of the molecule is CCOc1ccc(CN(C)CN2CCNCC2)cc1. The number of ether oxygens (including phenoxy) is 1. The first kappa shape index (κ1) is 14.3. The van der Waals surface area contributed by atoms with E-state index in [0.29, 0.717) is 0 Å². The highest BCUT2D eigenvalue weighted by molar-refractivity contribution is 5.27. The number of nitrogens with zero attached hydrogens (tertiary/aromatic N) is 2. The van der Waals surface area contributed by atoms with Crippen molar-refractivity contribution >= 4 is 0 Å². The van der Waals surface area contributed by atoms with Crippen LogP contribution >= 0.6 is 0 Å². The van der Waals surface area contributed by atoms with Gasteiger partial charge in [0.2, 0.25) is 0 Å². The number of rotatable bonds is 6. The molecule has 19 heavy (non-hydrogen) atoms. The Morgan fingerprint density at radius 1 is 1.21 bits per heavy atom. The Labute approximate surface area is 116 Å². The first-order valence-electron chi connectivity index (χ1n) is 7.11. The van der Waals surface area contributed by atoms with Crippen LogP contribution in [0.3, 0.4) is 0 Å². The average Bonchev–Trinajstić information content (AvgIpc) is 2.42. The van der Waals surface area contributed by atoms with Gasteiger partial charge in [0, 0.05) is 32.7 Å². The van der Waals surface area contributed by atoms with Crippen molar-refractivity contribution in [1.82, 2.24) is 15.1 Å². The molecule has 1 aliphatic heterocycles. The molecule has 2 rings (SSSR count). The van der Waals surface area contributed by atoms with Crippen molar-refractivity contribution < 1.29 is 4.74 Å². The van der Waals surface area contributed by atoms with Gasteiger partial charge in [-0.3, -0.25) is 9.80 Å². The summed E-state index contributed by atoms with van der Waals surface area (Å²) in [5, 5.41) is 3.38. The fourth-order valence-electron chi connectivity index (χ4n) is 2.41. The third-order valence-electron chi connectivity index (χ3n) is 3.34. The van der Waals surface area contributed by atoms with Crippen LogP contribution in [0.2, 0.25) is 0 Å². The van der Waals surface area contributed by atoms with E-state index in [-0.39, 0.29) is 0 Å². The predicted octanol–water partition coefficient (Wildman–Crippen LogP) is 1.38. The molecule has 0 saturated carbocycles. The summed E-state index contributed by atoms with van der Waals surface area (Å²) in [4.78, 5) is 4.85. The van der Waals surface area contributed by atoms with Crippen LogP contribution < -0.4 is 10.1 Å². The highest BCUT2D eigenvalue weighted by Gasteiger charge is 2.11. The zero-order valence-corrected chi connectivity index (χ0v) is 12.1. The molecule has 1 aromatic carbocycles. The monoisotopic (exact) mass is 263 g/mol. The number of benzene rings is 1. The van der Waals surface area contributed by atoms with Crippen LogP contribution in [0.25, 0.3) is 0 Å². The second-order valence-corrected chi connectivity index (χ2v) is 5.10. The molecule has 0 spiro atoms. The Morgan fingerprint density at radius 2 is 1.89 bits per heavy atom. The first-order chi connectivity index (χ1) is 9.28. The van der Waals surface area contributed by atoms with E-state index in [1.54, 1.807) is 0 Å². The van der Waals surface area contributed by atoms with E-state index in [9.17, 15) is 0 Å². The molecule has 4 heteroatoms. The largest absolute Gasteiger partial charge is 0.494 e. The lowest BCUT2D eigenvalue weighted by atomic mass is 10.2. The minimum Gasteiger partial charge on any atom is -0.494 e. The van der Waals surface area contributed by atoms with Crippen LogP contribution in [0, 0.1) is 0 Å². The maximum Gasteiger partial charge on any atom is 0.119 e. The average molecular weight is 263 g/mol. The van der Waals surface area contributed by atoms with E-state index in [1.165, 1.54) is 5.56 Å². The number of piperazine rings is 1. The van der Waals surface area contributed by atoms with E-state index >= 15 is 0 Å². The number of hydrogen-bond donors (Lipinski definition) is 1. The van der Waals surface area contributed by atoms with Crippen molar-refractivity contribution in [3.05, 3.63) is 29.8 Å². The van der Waals surface area contributed by atoms with Gasteiger partial charge < -0.3 is 10.1 Å². The van der Waals surface area contributed by atoms with Crippen LogP contribution in [0.5, 0.6) is 5.75 Å². The summed E-state index contributed by atoms with van der Waals surface area (Å²) in [6.07, 6.45) is 0. The summed E-state index contributed by atoms with van der Waals surface area (Å²) < 4.78 is 5.46. The molecule has 0 aromatic heterocycles. The van der Waals surface area contributed by atoms with Crippen LogP contribution in [0.4, 0.5) is 0 Å². The van der Waals surface area contributed by atoms with Crippen molar-refractivity contribution in [1.29, 1.82) is 0 Å². The number of hydrogen-bond acceptors (Lipinski definition) is 4. The van der Waals surface area contributed by atoms with Gasteiger partial charge in [0.1, 0.15) is 5.75 Å². The standard InChI is InChI=1S/C15H25N3O/c1-3-19-15-6-4-14(5-7-15)12-17(2)13-18-10-8-16-9-11-18/h4-7,16H,3,8-13H2,1-2H3. The molecule has 4 nitrogen and oxygen atoms in total. The molecular weight excluding hydrogens is 238 g/mol. The summed E-state index contributed by atoms with van der Waals surface area (Å²) in [6, 6.07) is 8.41. The van der Waals surface area contributed by atoms with E-state index < -0.39 is 0 Å². The molecule has 1 saturated heterocycles. The molecule has 0 aliphatic carbocycles. The van der Waals surface area contributed by atoms with Gasteiger partial charge in [-0.2, -0.15) is 0 Å². The molecule has 106 valence electrons. The second kappa shape index (κ2) is 7.48. The molecule has 0 atom stereocenters. The predicted molar refractivity (Wildman–Crippen MR) is 78.4 cm³/mol. The number of nitrogens with one attached hydrogen (secondary N) is 1. The van der Waals surface area contributed by atoms with Gasteiger partial charge in [0.25, 0.3) is 0 Å². The zero-order valence-electron chi connectivity index (χ0n) is 12.1. The fraction of sp³-hybridized carbons (Fsp3) is 0.600. The Morgan fingerprint density at radius 3 is 2.53 bits per heavy atom. The van der Waals surface area contributed by atoms with Crippen LogP contribution in [-0.2, 0) is 6.54 Å². The van der Waals surface area contributed by atoms with Gasteiger partial charge in [-0.25, -0.2) is 0 Å². The van der Waals surface area contributed by atoms with Crippen LogP contribution in [-0.4, -0.2) is 56.3 Å². The van der Waals surface area contributed by atoms with E-state index in [2.05, 4.69) is 46.4 Å². The normalized spacial score (nSPS) is 16.8. The van der Waals surface area contributed by atoms with Gasteiger partial charge in [0.15, 0.2) is 0 Å². The lowest BCUT2D eigenvalue weighted by Gasteiger charge is -2.31. The van der Waals surface area contributed by atoms with Gasteiger partial charge in [0.05, 0.1) is 13.3 Å². The fourth-order valence-corrected chi connectivity index (χ4v) is 2.41. The molecular formula is C15H25N3O. The lowest BCUT2D eigenvalue weighted by molar-refractivity contribution is 0.135. The third kappa shape index (κ3) is 4.82. The Kier molecular flexibility index (Phi) is 5.63. The Hall–Kier alpha value is -1.10. The molecule has 1 fully saturated rings. The van der Waals surface area contributed by atoms with Crippen molar-refractivity contribution in [2.24, 2.45) is 0 Å². The highest BCUT2D eigenvalue weighted by atomic mass is 16.5. The van der Waals surface area contributed by atoms with E-state index in [0.717, 1.165) is 51.7 Å². The summed E-state index contributed by atoms with van der Waals surface area (Å²) in [5.41, 5.74) is 1.33. The summed E-state index contributed by atoms with van der Waals surface area (Å²) in [6.45, 7) is 9.26. The quantitative estimate of drug-likeness (QED) is 0.839. The van der Waals surface area contributed by atoms with Gasteiger partial charge >= 0.3 is 0 Å². The molecule has 1 N–H and O–H groups in total. The Balaban J connectivity index is 1.78. The minimum atomic E-state index is 0.724.